The molecule has 13 nitrogen and oxygen atoms in total. The van der Waals surface area contributed by atoms with Crippen LogP contribution in [0.3, 0.4) is 0 Å². The monoisotopic (exact) mass is 981 g/mol. The summed E-state index contributed by atoms with van der Waals surface area (Å²) < 4.78 is 22.7. The average Bonchev–Trinajstić information content (AvgIpc) is 3.99. The molecule has 0 aliphatic carbocycles. The van der Waals surface area contributed by atoms with Gasteiger partial charge in [-0.25, -0.2) is 14.8 Å². The fourth-order valence-electron chi connectivity index (χ4n) is 5.21. The Bertz CT molecular complexity index is 2800. The number of ether oxygens (including phenoxy) is 4. The van der Waals surface area contributed by atoms with Crippen molar-refractivity contribution in [1.82, 2.24) is 9.97 Å². The van der Waals surface area contributed by atoms with Crippen molar-refractivity contribution in [2.75, 3.05) is 33.7 Å². The number of phenols is 2. The molecule has 0 atom stereocenters. The van der Waals surface area contributed by atoms with E-state index in [4.69, 9.17) is 41.4 Å². The van der Waals surface area contributed by atoms with Gasteiger partial charge in [-0.3, -0.25) is 9.59 Å². The van der Waals surface area contributed by atoms with Gasteiger partial charge in [0.05, 0.1) is 58.5 Å². The molecular weight excluding hydrogens is 934 g/mol. The van der Waals surface area contributed by atoms with E-state index in [0.29, 0.717) is 34.8 Å². The zero-order chi connectivity index (χ0) is 49.3. The fourth-order valence-corrected chi connectivity index (χ4v) is 7.35. The zero-order valence-corrected chi connectivity index (χ0v) is 40.1. The summed E-state index contributed by atoms with van der Waals surface area (Å²) >= 11 is 11.9. The van der Waals surface area contributed by atoms with Crippen LogP contribution in [0.15, 0.2) is 158 Å². The van der Waals surface area contributed by atoms with Gasteiger partial charge in [-0.05, 0) is 97.4 Å². The largest absolute Gasteiger partial charge is 0.504 e. The number of thiazole rings is 2. The number of nitrogens with zero attached hydrogens (tertiary/aromatic N) is 2. The number of thiol groups is 1. The number of esters is 1. The van der Waals surface area contributed by atoms with Gasteiger partial charge >= 0.3 is 5.97 Å². The average molecular weight is 983 g/mol. The number of carbonyl (C=O) groups is 3. The van der Waals surface area contributed by atoms with Gasteiger partial charge in [0, 0.05) is 23.3 Å². The number of halogens is 1. The first-order valence-corrected chi connectivity index (χ1v) is 22.1. The van der Waals surface area contributed by atoms with E-state index in [1.807, 2.05) is 97.1 Å². The van der Waals surface area contributed by atoms with Gasteiger partial charge in [0.2, 0.25) is 5.24 Å². The molecule has 0 saturated carbocycles. The van der Waals surface area contributed by atoms with E-state index < -0.39 is 11.2 Å². The number of carbonyl (C=O) groups excluding carboxylic acids is 3. The highest BCUT2D eigenvalue weighted by Crippen LogP contribution is 2.42. The number of para-hydroxylation sites is 6. The van der Waals surface area contributed by atoms with E-state index >= 15 is 0 Å². The maximum Gasteiger partial charge on any atom is 0.335 e. The van der Waals surface area contributed by atoms with Gasteiger partial charge in [0.25, 0.3) is 0 Å². The lowest BCUT2D eigenvalue weighted by Crippen LogP contribution is -2.05. The van der Waals surface area contributed by atoms with Crippen molar-refractivity contribution < 1.29 is 48.7 Å². The quantitative estimate of drug-likeness (QED) is 0.0174. The molecule has 5 N–H and O–H groups in total. The van der Waals surface area contributed by atoms with Gasteiger partial charge in [-0.15, -0.1) is 35.3 Å². The lowest BCUT2D eigenvalue weighted by atomic mass is 10.2. The summed E-state index contributed by atoms with van der Waals surface area (Å²) in [5, 5.41) is 28.0. The molecule has 67 heavy (non-hydrogen) atoms. The molecule has 0 fully saturated rings. The first-order chi connectivity index (χ1) is 32.3. The van der Waals surface area contributed by atoms with Crippen LogP contribution in [0.5, 0.6) is 34.5 Å². The van der Waals surface area contributed by atoms with Crippen LogP contribution in [0.25, 0.3) is 41.6 Å². The fraction of sp³-hybridized carbons (Fsp3) is 0.100. The molecular formula is C50H48ClN3O10S3. The van der Waals surface area contributed by atoms with Crippen molar-refractivity contribution in [3.63, 3.8) is 0 Å². The molecule has 2 heterocycles. The second-order valence-electron chi connectivity index (χ2n) is 12.7. The Hall–Kier alpha value is -7.21. The van der Waals surface area contributed by atoms with Crippen LogP contribution < -0.4 is 24.7 Å². The Morgan fingerprint density at radius 2 is 1.13 bits per heavy atom. The summed E-state index contributed by atoms with van der Waals surface area (Å²) in [6.07, 6.45) is 2.74. The molecule has 0 amide bonds. The number of nitrogen functional groups attached to an aromatic ring is 1. The first kappa shape index (κ1) is 54.1. The number of benzene rings is 6. The molecule has 0 aliphatic heterocycles. The van der Waals surface area contributed by atoms with E-state index in [1.54, 1.807) is 42.5 Å². The van der Waals surface area contributed by atoms with Gasteiger partial charge in [0.1, 0.15) is 10.0 Å². The van der Waals surface area contributed by atoms with E-state index in [0.717, 1.165) is 58.7 Å². The number of aliphatic hydroxyl groups excluding tert-OH is 1. The van der Waals surface area contributed by atoms with Crippen LogP contribution >= 0.6 is 46.9 Å². The molecule has 8 aromatic rings. The third kappa shape index (κ3) is 16.3. The van der Waals surface area contributed by atoms with Crippen molar-refractivity contribution in [1.29, 1.82) is 0 Å². The zero-order valence-electron chi connectivity index (χ0n) is 36.8. The molecule has 2 aromatic heterocycles. The Balaban J connectivity index is 0.000000236. The third-order valence-electron chi connectivity index (χ3n) is 8.31. The van der Waals surface area contributed by atoms with Crippen molar-refractivity contribution in [2.24, 2.45) is 0 Å². The number of anilines is 1. The number of hydrogen-bond acceptors (Lipinski definition) is 16. The summed E-state index contributed by atoms with van der Waals surface area (Å²) in [6.45, 7) is 8.43. The molecule has 6 aromatic carbocycles. The van der Waals surface area contributed by atoms with E-state index in [1.165, 1.54) is 38.7 Å². The number of phenolic OH excluding ortho intramolecular Hbond substituents is 2. The highest BCUT2D eigenvalue weighted by molar-refractivity contribution is 7.80. The maximum atomic E-state index is 11.6. The minimum atomic E-state index is -0.535. The predicted octanol–water partition coefficient (Wildman–Crippen LogP) is 11.4. The topological polar surface area (TPSA) is 201 Å². The molecule has 0 aliphatic rings. The van der Waals surface area contributed by atoms with E-state index in [-0.39, 0.29) is 23.7 Å². The lowest BCUT2D eigenvalue weighted by molar-refractivity contribution is -0.129. The van der Waals surface area contributed by atoms with Crippen molar-refractivity contribution in [2.45, 2.75) is 11.8 Å². The third-order valence-corrected chi connectivity index (χ3v) is 11.0. The molecule has 0 radical (unpaired) electrons. The first-order valence-electron chi connectivity index (χ1n) is 19.7. The van der Waals surface area contributed by atoms with Crippen LogP contribution in [-0.4, -0.2) is 70.7 Å². The number of methoxy groups -OCH3 is 3. The maximum absolute atomic E-state index is 11.6. The molecule has 0 bridgehead atoms. The summed E-state index contributed by atoms with van der Waals surface area (Å²) in [6, 6.07) is 38.8. The van der Waals surface area contributed by atoms with Crippen molar-refractivity contribution >= 4 is 90.5 Å². The van der Waals surface area contributed by atoms with Crippen molar-refractivity contribution in [3.8, 4) is 55.6 Å². The second kappa shape index (κ2) is 28.6. The van der Waals surface area contributed by atoms with Crippen LogP contribution in [-0.2, 0) is 9.59 Å². The number of aromatic hydroxyl groups is 2. The summed E-state index contributed by atoms with van der Waals surface area (Å²) in [7, 11) is 4.50. The van der Waals surface area contributed by atoms with Crippen LogP contribution in [0.1, 0.15) is 17.3 Å². The number of aromatic nitrogens is 2. The van der Waals surface area contributed by atoms with Crippen LogP contribution in [0.2, 0.25) is 0 Å². The summed E-state index contributed by atoms with van der Waals surface area (Å²) in [5.41, 5.74) is 9.69. The molecule has 0 saturated heterocycles. The number of hydrogen-bond donors (Lipinski definition) is 5. The Morgan fingerprint density at radius 3 is 1.58 bits per heavy atom. The second-order valence-corrected chi connectivity index (χ2v) is 15.6. The molecule has 348 valence electrons. The number of rotatable bonds is 9. The van der Waals surface area contributed by atoms with E-state index in [2.05, 4.69) is 35.8 Å². The molecule has 8 rings (SSSR count). The number of aliphatic hydroxyl groups is 1. The van der Waals surface area contributed by atoms with Gasteiger partial charge in [0.15, 0.2) is 40.8 Å². The predicted molar refractivity (Wildman–Crippen MR) is 273 cm³/mol. The standard InChI is InChI=1S/C17H13NO3S.C14H11NO2S.C8H8O3.C6H7NS.C3H3ClO.C2H6O/c1-3-15(19)21-16-11(7-6-9-13(16)20-2)17-18-12-8-4-5-10-14(12)22-17;1-17-11-7-4-5-9(13(11)16)14-15-10-6-2-3-8-12(10)18-14;1-11-7-4-2-3-6(5-9)8(7)10;7-5-3-1-2-4-6(5)8;1-2-3(4)5;1-2-3/h3-10H,1H2,2H3;2-8,16H,1H3;2-5,10H,1H3;1-4,8H,7H2;2H,1H2;3H,2H2,1H3. The van der Waals surface area contributed by atoms with Gasteiger partial charge in [-0.1, -0.05) is 67.8 Å². The highest BCUT2D eigenvalue weighted by atomic mass is 35.5. The molecule has 17 heteroatoms. The minimum Gasteiger partial charge on any atom is -0.504 e. The number of allylic oxidation sites excluding steroid dienone is 1. The van der Waals surface area contributed by atoms with Gasteiger partial charge < -0.3 is 40.0 Å². The molecule has 0 spiro atoms. The van der Waals surface area contributed by atoms with Crippen molar-refractivity contribution in [3.05, 3.63) is 158 Å². The SMILES string of the molecule is C=CC(=O)Cl.C=CC(=O)Oc1c(OC)cccc1-c1nc2ccccc2s1.CCO.COc1cccc(-c2nc3ccccc3s2)c1O.COc1cccc(C=O)c1O.Nc1ccccc1S. The number of nitrogens with two attached hydrogens (primary N) is 1. The normalized spacial score (nSPS) is 9.66. The minimum absolute atomic E-state index is 0.106. The summed E-state index contributed by atoms with van der Waals surface area (Å²) in [5.74, 6) is 1.11. The number of fused-ring (bicyclic) bond motifs is 2. The Kier molecular flexibility index (Phi) is 23.1. The Labute approximate surface area is 406 Å². The van der Waals surface area contributed by atoms with E-state index in [9.17, 15) is 24.6 Å². The number of aldehydes is 1. The molecule has 0 unspecified atom stereocenters. The smallest absolute Gasteiger partial charge is 0.335 e. The highest BCUT2D eigenvalue weighted by Gasteiger charge is 2.18. The lowest BCUT2D eigenvalue weighted by Gasteiger charge is -2.11. The van der Waals surface area contributed by atoms with Gasteiger partial charge in [-0.2, -0.15) is 0 Å². The van der Waals surface area contributed by atoms with Crippen LogP contribution in [0.4, 0.5) is 5.69 Å². The Morgan fingerprint density at radius 1 is 0.687 bits per heavy atom. The van der Waals surface area contributed by atoms with Crippen LogP contribution in [0, 0.1) is 0 Å². The summed E-state index contributed by atoms with van der Waals surface area (Å²) in [4.78, 5) is 41.3.